The van der Waals surface area contributed by atoms with Crippen molar-refractivity contribution in [2.24, 2.45) is 5.92 Å². The van der Waals surface area contributed by atoms with Gasteiger partial charge in [0, 0.05) is 36.1 Å². The van der Waals surface area contributed by atoms with Gasteiger partial charge in [-0.3, -0.25) is 29.2 Å². The van der Waals surface area contributed by atoms with E-state index in [4.69, 9.17) is 17.2 Å². The molecule has 0 saturated heterocycles. The number of hydrogen-bond acceptors (Lipinski definition) is 7. The standard InChI is InChI=1S/C27H35BN4O6S/c1-28-27(39)30-20-7-5-18(6-8-20)11-23-12-19(13-24(33)34)9-10-31(16-25(35)36)14-21-3-2-4-22(29-21)15-32(23)17-26(37)38/h2-8,19,23,28H,9-17H2,1H3,(H,30,39)(H,33,34)(H,35,36)(H,37,38)/t19?,23-/m0/s1. The van der Waals surface area contributed by atoms with E-state index in [9.17, 15) is 29.7 Å². The number of aromatic nitrogens is 1. The van der Waals surface area contributed by atoms with Gasteiger partial charge < -0.3 is 20.6 Å². The molecular weight excluding hydrogens is 519 g/mol. The second-order valence-corrected chi connectivity index (χ2v) is 10.5. The summed E-state index contributed by atoms with van der Waals surface area (Å²) in [5, 5.41) is 32.0. The predicted octanol–water partition coefficient (Wildman–Crippen LogP) is 2.53. The van der Waals surface area contributed by atoms with E-state index in [0.29, 0.717) is 43.7 Å². The van der Waals surface area contributed by atoms with Gasteiger partial charge in [0.2, 0.25) is 0 Å². The molecule has 2 heterocycles. The minimum Gasteiger partial charge on any atom is -0.481 e. The number of pyridine rings is 1. The van der Waals surface area contributed by atoms with Crippen LogP contribution in [-0.2, 0) is 33.9 Å². The lowest BCUT2D eigenvalue weighted by atomic mass is 9.82. The first-order valence-electron chi connectivity index (χ1n) is 13.1. The predicted molar refractivity (Wildman–Crippen MR) is 153 cm³/mol. The number of aliphatic carboxylic acids is 3. The molecule has 0 fully saturated rings. The van der Waals surface area contributed by atoms with Crippen molar-refractivity contribution in [3.63, 3.8) is 0 Å². The molecule has 10 nitrogen and oxygen atoms in total. The zero-order chi connectivity index (χ0) is 28.4. The summed E-state index contributed by atoms with van der Waals surface area (Å²) in [6.45, 7) is 2.55. The molecule has 1 aliphatic rings. The van der Waals surface area contributed by atoms with Crippen LogP contribution in [0.3, 0.4) is 0 Å². The Morgan fingerprint density at radius 3 is 2.28 bits per heavy atom. The molecule has 0 spiro atoms. The summed E-state index contributed by atoms with van der Waals surface area (Å²) < 4.78 is 0. The lowest BCUT2D eigenvalue weighted by Gasteiger charge is -2.34. The number of rotatable bonds is 10. The van der Waals surface area contributed by atoms with Crippen LogP contribution in [0.4, 0.5) is 5.69 Å². The molecule has 0 saturated carbocycles. The summed E-state index contributed by atoms with van der Waals surface area (Å²) in [7, 11) is 0.730. The van der Waals surface area contributed by atoms with Gasteiger partial charge in [0.25, 0.3) is 0 Å². The van der Waals surface area contributed by atoms with Crippen LogP contribution >= 0.6 is 12.2 Å². The Balaban J connectivity index is 1.95. The Labute approximate surface area is 234 Å². The Morgan fingerprint density at radius 1 is 1.00 bits per heavy atom. The average molecular weight is 554 g/mol. The molecule has 39 heavy (non-hydrogen) atoms. The maximum Gasteiger partial charge on any atom is 0.317 e. The molecule has 2 atom stereocenters. The Bertz CT molecular complexity index is 1170. The molecule has 2 bridgehead atoms. The van der Waals surface area contributed by atoms with E-state index in [1.807, 2.05) is 54.2 Å². The first-order valence-corrected chi connectivity index (χ1v) is 13.5. The number of nitrogens with one attached hydrogen (secondary N) is 1. The van der Waals surface area contributed by atoms with Crippen molar-refractivity contribution in [1.82, 2.24) is 14.8 Å². The van der Waals surface area contributed by atoms with Gasteiger partial charge in [-0.25, -0.2) is 0 Å². The third-order valence-corrected chi connectivity index (χ3v) is 7.17. The van der Waals surface area contributed by atoms with Crippen LogP contribution in [0.1, 0.15) is 36.2 Å². The number of carbonyl (C=O) groups is 3. The molecule has 0 aliphatic carbocycles. The number of thiocarbonyl (C=S) groups is 1. The van der Waals surface area contributed by atoms with Gasteiger partial charge in [-0.15, -0.1) is 0 Å². The SMILES string of the molecule is CBC(=S)Nc1ccc(C[C@H]2CC(CC(=O)O)CCN(CC(=O)O)Cc3cccc(n3)CN2CC(=O)O)cc1. The molecule has 1 aromatic heterocycles. The Kier molecular flexibility index (Phi) is 11.4. The van der Waals surface area contributed by atoms with Crippen LogP contribution in [0.2, 0.25) is 6.82 Å². The van der Waals surface area contributed by atoms with Crippen molar-refractivity contribution in [2.45, 2.75) is 51.6 Å². The number of carboxylic acids is 3. The smallest absolute Gasteiger partial charge is 0.317 e. The fourth-order valence-electron chi connectivity index (χ4n) is 4.94. The third kappa shape index (κ3) is 10.4. The van der Waals surface area contributed by atoms with Crippen LogP contribution < -0.4 is 5.32 Å². The highest BCUT2D eigenvalue weighted by molar-refractivity contribution is 7.83. The molecule has 12 heteroatoms. The maximum atomic E-state index is 11.9. The number of fused-ring (bicyclic) bond motifs is 2. The second-order valence-electron chi connectivity index (χ2n) is 9.97. The maximum absolute atomic E-state index is 11.9. The van der Waals surface area contributed by atoms with Gasteiger partial charge in [0.05, 0.1) is 24.5 Å². The van der Waals surface area contributed by atoms with E-state index in [0.717, 1.165) is 23.4 Å². The highest BCUT2D eigenvalue weighted by Crippen LogP contribution is 2.25. The summed E-state index contributed by atoms with van der Waals surface area (Å²) in [5.74, 6) is -3.14. The summed E-state index contributed by atoms with van der Waals surface area (Å²) in [6.07, 6.45) is 1.34. The molecule has 2 aromatic rings. The molecule has 3 rings (SSSR count). The molecule has 0 amide bonds. The van der Waals surface area contributed by atoms with Crippen LogP contribution in [0.5, 0.6) is 0 Å². The monoisotopic (exact) mass is 554 g/mol. The summed E-state index contributed by atoms with van der Waals surface area (Å²) in [6, 6.07) is 13.0. The molecule has 0 radical (unpaired) electrons. The van der Waals surface area contributed by atoms with E-state index in [2.05, 4.69) is 5.32 Å². The summed E-state index contributed by atoms with van der Waals surface area (Å²) >= 11 is 5.27. The summed E-state index contributed by atoms with van der Waals surface area (Å²) in [5.41, 5.74) is 3.22. The third-order valence-electron chi connectivity index (χ3n) is 6.78. The van der Waals surface area contributed by atoms with Crippen molar-refractivity contribution < 1.29 is 29.7 Å². The second kappa shape index (κ2) is 14.7. The minimum atomic E-state index is -0.974. The van der Waals surface area contributed by atoms with Crippen molar-refractivity contribution in [2.75, 3.05) is 25.0 Å². The molecular formula is C27H35BN4O6S. The number of anilines is 1. The molecule has 1 aromatic carbocycles. The van der Waals surface area contributed by atoms with E-state index in [-0.39, 0.29) is 38.0 Å². The largest absolute Gasteiger partial charge is 0.481 e. The molecule has 1 aliphatic heterocycles. The van der Waals surface area contributed by atoms with Crippen LogP contribution in [-0.4, -0.2) is 85.9 Å². The van der Waals surface area contributed by atoms with E-state index in [1.165, 1.54) is 0 Å². The zero-order valence-corrected chi connectivity index (χ0v) is 22.9. The lowest BCUT2D eigenvalue weighted by molar-refractivity contribution is -0.141. The van der Waals surface area contributed by atoms with Crippen molar-refractivity contribution in [3.8, 4) is 0 Å². The van der Waals surface area contributed by atoms with Crippen molar-refractivity contribution in [1.29, 1.82) is 0 Å². The molecule has 208 valence electrons. The van der Waals surface area contributed by atoms with Crippen LogP contribution in [0.25, 0.3) is 0 Å². The highest BCUT2D eigenvalue weighted by atomic mass is 32.1. The molecule has 4 N–H and O–H groups in total. The average Bonchev–Trinajstić information content (AvgIpc) is 2.86. The van der Waals surface area contributed by atoms with Crippen LogP contribution in [0, 0.1) is 5.92 Å². The zero-order valence-electron chi connectivity index (χ0n) is 22.1. The lowest BCUT2D eigenvalue weighted by Crippen LogP contribution is -2.42. The van der Waals surface area contributed by atoms with Gasteiger partial charge in [-0.1, -0.05) is 37.2 Å². The topological polar surface area (TPSA) is 143 Å². The number of carboxylic acid groups (broad SMARTS) is 3. The van der Waals surface area contributed by atoms with Gasteiger partial charge in [-0.2, -0.15) is 0 Å². The van der Waals surface area contributed by atoms with E-state index in [1.54, 1.807) is 4.90 Å². The fourth-order valence-corrected chi connectivity index (χ4v) is 5.06. The summed E-state index contributed by atoms with van der Waals surface area (Å²) in [4.78, 5) is 44.2. The van der Waals surface area contributed by atoms with Crippen LogP contribution in [0.15, 0.2) is 42.5 Å². The molecule has 1 unspecified atom stereocenters. The van der Waals surface area contributed by atoms with E-state index < -0.39 is 17.9 Å². The number of benzene rings is 1. The first-order chi connectivity index (χ1) is 18.6. The Morgan fingerprint density at radius 2 is 1.67 bits per heavy atom. The van der Waals surface area contributed by atoms with Crippen molar-refractivity contribution in [3.05, 3.63) is 59.4 Å². The quantitative estimate of drug-likeness (QED) is 0.254. The first kappa shape index (κ1) is 30.2. The normalized spacial score (nSPS) is 18.8. The van der Waals surface area contributed by atoms with Gasteiger partial charge >= 0.3 is 17.9 Å². The minimum absolute atomic E-state index is 0.0841. The van der Waals surface area contributed by atoms with Gasteiger partial charge in [-0.05, 0) is 61.6 Å². The van der Waals surface area contributed by atoms with Crippen molar-refractivity contribution >= 4 is 48.0 Å². The Hall–Kier alpha value is -3.35. The van der Waals surface area contributed by atoms with E-state index >= 15 is 0 Å². The highest BCUT2D eigenvalue weighted by Gasteiger charge is 2.28. The number of hydrogen-bond donors (Lipinski definition) is 4. The van der Waals surface area contributed by atoms with Gasteiger partial charge in [0.1, 0.15) is 0 Å². The van der Waals surface area contributed by atoms with Gasteiger partial charge in [0.15, 0.2) is 7.28 Å². The fraction of sp³-hybridized carbons (Fsp3) is 0.444. The number of nitrogens with zero attached hydrogens (tertiary/aromatic N) is 3.